The van der Waals surface area contributed by atoms with E-state index < -0.39 is 10.0 Å². The second kappa shape index (κ2) is 4.87. The average molecular weight is 270 g/mol. The molecule has 1 aromatic carbocycles. The van der Waals surface area contributed by atoms with E-state index in [0.29, 0.717) is 12.2 Å². The van der Waals surface area contributed by atoms with E-state index >= 15 is 0 Å². The third-order valence-corrected chi connectivity index (χ3v) is 4.43. The number of hydrogen-bond donors (Lipinski definition) is 3. The molecule has 0 bridgehead atoms. The number of aliphatic hydroxyl groups excluding tert-OH is 1. The summed E-state index contributed by atoms with van der Waals surface area (Å²) in [5.74, 6) is 0. The van der Waals surface area contributed by atoms with E-state index in [0.717, 1.165) is 19.3 Å². The number of hydrogen-bond acceptors (Lipinski definition) is 4. The SMILES string of the molecule is NS(=O)(=O)c1ccccc1NCCC1(CO)CC1. The Morgan fingerprint density at radius 2 is 2.00 bits per heavy atom. The molecule has 0 aliphatic heterocycles. The summed E-state index contributed by atoms with van der Waals surface area (Å²) in [4.78, 5) is 0.110. The van der Waals surface area contributed by atoms with E-state index in [2.05, 4.69) is 5.32 Å². The number of sulfonamides is 1. The number of nitrogens with one attached hydrogen (secondary N) is 1. The maximum Gasteiger partial charge on any atom is 0.240 e. The molecule has 18 heavy (non-hydrogen) atoms. The normalized spacial score (nSPS) is 17.4. The minimum absolute atomic E-state index is 0.0591. The fourth-order valence-corrected chi connectivity index (χ4v) is 2.70. The number of para-hydroxylation sites is 1. The molecule has 2 rings (SSSR count). The number of benzene rings is 1. The number of anilines is 1. The number of aliphatic hydroxyl groups is 1. The molecule has 0 aromatic heterocycles. The molecule has 6 heteroatoms. The Morgan fingerprint density at radius 1 is 1.33 bits per heavy atom. The van der Waals surface area contributed by atoms with Crippen molar-refractivity contribution < 1.29 is 13.5 Å². The van der Waals surface area contributed by atoms with Gasteiger partial charge in [0.1, 0.15) is 4.90 Å². The van der Waals surface area contributed by atoms with Crippen molar-refractivity contribution in [1.29, 1.82) is 0 Å². The monoisotopic (exact) mass is 270 g/mol. The molecule has 1 saturated carbocycles. The Labute approximate surface area is 107 Å². The van der Waals surface area contributed by atoms with Crippen molar-refractivity contribution in [1.82, 2.24) is 0 Å². The molecule has 1 fully saturated rings. The lowest BCUT2D eigenvalue weighted by atomic mass is 10.0. The smallest absolute Gasteiger partial charge is 0.240 e. The maximum atomic E-state index is 11.4. The van der Waals surface area contributed by atoms with Crippen LogP contribution in [0.1, 0.15) is 19.3 Å². The molecule has 0 amide bonds. The molecule has 5 nitrogen and oxygen atoms in total. The molecule has 1 aromatic rings. The molecule has 0 radical (unpaired) electrons. The summed E-state index contributed by atoms with van der Waals surface area (Å²) in [6.07, 6.45) is 2.92. The van der Waals surface area contributed by atoms with Crippen molar-refractivity contribution in [3.05, 3.63) is 24.3 Å². The fraction of sp³-hybridized carbons (Fsp3) is 0.500. The third kappa shape index (κ3) is 3.01. The summed E-state index contributed by atoms with van der Waals surface area (Å²) in [6.45, 7) is 0.832. The molecule has 1 aliphatic carbocycles. The highest BCUT2D eigenvalue weighted by molar-refractivity contribution is 7.89. The van der Waals surface area contributed by atoms with Crippen LogP contribution < -0.4 is 10.5 Å². The van der Waals surface area contributed by atoms with Gasteiger partial charge >= 0.3 is 0 Å². The molecule has 0 spiro atoms. The Hall–Kier alpha value is -1.11. The van der Waals surface area contributed by atoms with Crippen molar-refractivity contribution in [2.45, 2.75) is 24.2 Å². The second-order valence-corrected chi connectivity index (χ2v) is 6.41. The lowest BCUT2D eigenvalue weighted by molar-refractivity contribution is 0.206. The Kier molecular flexibility index (Phi) is 3.61. The van der Waals surface area contributed by atoms with Gasteiger partial charge in [0.05, 0.1) is 5.69 Å². The topological polar surface area (TPSA) is 92.4 Å². The van der Waals surface area contributed by atoms with Crippen LogP contribution in [0.5, 0.6) is 0 Å². The van der Waals surface area contributed by atoms with Crippen LogP contribution in [0.2, 0.25) is 0 Å². The van der Waals surface area contributed by atoms with Gasteiger partial charge in [0, 0.05) is 13.2 Å². The highest BCUT2D eigenvalue weighted by Crippen LogP contribution is 2.48. The van der Waals surface area contributed by atoms with Crippen molar-refractivity contribution in [2.24, 2.45) is 10.6 Å². The van der Waals surface area contributed by atoms with Gasteiger partial charge in [-0.1, -0.05) is 12.1 Å². The first-order valence-corrected chi connectivity index (χ1v) is 7.48. The van der Waals surface area contributed by atoms with Gasteiger partial charge in [-0.15, -0.1) is 0 Å². The molecule has 0 unspecified atom stereocenters. The summed E-state index contributed by atoms with van der Waals surface area (Å²) in [7, 11) is -3.70. The van der Waals surface area contributed by atoms with Gasteiger partial charge in [-0.2, -0.15) is 0 Å². The van der Waals surface area contributed by atoms with E-state index in [4.69, 9.17) is 5.14 Å². The fourth-order valence-electron chi connectivity index (χ4n) is 1.99. The van der Waals surface area contributed by atoms with Gasteiger partial charge in [-0.05, 0) is 36.8 Å². The van der Waals surface area contributed by atoms with E-state index in [1.165, 1.54) is 6.07 Å². The van der Waals surface area contributed by atoms with Crippen LogP contribution in [0, 0.1) is 5.41 Å². The third-order valence-electron chi connectivity index (χ3n) is 3.46. The maximum absolute atomic E-state index is 11.4. The van der Waals surface area contributed by atoms with E-state index in [-0.39, 0.29) is 16.9 Å². The first-order chi connectivity index (χ1) is 8.47. The Morgan fingerprint density at radius 3 is 2.56 bits per heavy atom. The first kappa shape index (κ1) is 13.3. The second-order valence-electron chi connectivity index (χ2n) is 4.88. The van der Waals surface area contributed by atoms with Crippen molar-refractivity contribution in [3.63, 3.8) is 0 Å². The predicted octanol–water partition coefficient (Wildman–Crippen LogP) is 0.908. The summed E-state index contributed by atoms with van der Waals surface area (Å²) >= 11 is 0. The minimum Gasteiger partial charge on any atom is -0.396 e. The standard InChI is InChI=1S/C12H18N2O3S/c13-18(16,17)11-4-2-1-3-10(11)14-8-7-12(9-15)5-6-12/h1-4,14-15H,5-9H2,(H2,13,16,17). The lowest BCUT2D eigenvalue weighted by Gasteiger charge is -2.14. The molecule has 0 atom stereocenters. The molecular weight excluding hydrogens is 252 g/mol. The quantitative estimate of drug-likeness (QED) is 0.716. The van der Waals surface area contributed by atoms with Crippen molar-refractivity contribution in [2.75, 3.05) is 18.5 Å². The van der Waals surface area contributed by atoms with Gasteiger partial charge in [-0.3, -0.25) is 0 Å². The van der Waals surface area contributed by atoms with Crippen LogP contribution in [-0.2, 0) is 10.0 Å². The number of rotatable bonds is 6. The largest absolute Gasteiger partial charge is 0.396 e. The molecular formula is C12H18N2O3S. The Balaban J connectivity index is 2.01. The van der Waals surface area contributed by atoms with Gasteiger partial charge in [-0.25, -0.2) is 13.6 Å². The zero-order valence-corrected chi connectivity index (χ0v) is 10.9. The van der Waals surface area contributed by atoms with Crippen LogP contribution >= 0.6 is 0 Å². The lowest BCUT2D eigenvalue weighted by Crippen LogP contribution is -2.17. The Bertz CT molecular complexity index is 524. The highest BCUT2D eigenvalue weighted by atomic mass is 32.2. The van der Waals surface area contributed by atoms with Crippen molar-refractivity contribution >= 4 is 15.7 Å². The van der Waals surface area contributed by atoms with Crippen LogP contribution in [0.4, 0.5) is 5.69 Å². The number of primary sulfonamides is 1. The first-order valence-electron chi connectivity index (χ1n) is 5.93. The van der Waals surface area contributed by atoms with E-state index in [1.807, 2.05) is 0 Å². The predicted molar refractivity (Wildman–Crippen MR) is 69.7 cm³/mol. The van der Waals surface area contributed by atoms with Crippen molar-refractivity contribution in [3.8, 4) is 0 Å². The van der Waals surface area contributed by atoms with E-state index in [9.17, 15) is 13.5 Å². The summed E-state index contributed by atoms with van der Waals surface area (Å²) in [6, 6.07) is 6.58. The van der Waals surface area contributed by atoms with Crippen LogP contribution in [0.15, 0.2) is 29.2 Å². The van der Waals surface area contributed by atoms with E-state index in [1.54, 1.807) is 18.2 Å². The molecule has 4 N–H and O–H groups in total. The van der Waals surface area contributed by atoms with Gasteiger partial charge in [0.25, 0.3) is 0 Å². The zero-order valence-electron chi connectivity index (χ0n) is 10.1. The summed E-state index contributed by atoms with van der Waals surface area (Å²) < 4.78 is 22.8. The molecule has 0 saturated heterocycles. The molecule has 1 aliphatic rings. The summed E-state index contributed by atoms with van der Waals surface area (Å²) in [5, 5.41) is 17.4. The summed E-state index contributed by atoms with van der Waals surface area (Å²) in [5.41, 5.74) is 0.581. The van der Waals surface area contributed by atoms with Gasteiger partial charge in [0.2, 0.25) is 10.0 Å². The molecule has 0 heterocycles. The van der Waals surface area contributed by atoms with Gasteiger partial charge in [0.15, 0.2) is 0 Å². The van der Waals surface area contributed by atoms with Crippen LogP contribution in [0.3, 0.4) is 0 Å². The molecule has 100 valence electrons. The van der Waals surface area contributed by atoms with Crippen LogP contribution in [-0.4, -0.2) is 26.7 Å². The highest BCUT2D eigenvalue weighted by Gasteiger charge is 2.41. The minimum atomic E-state index is -3.70. The van der Waals surface area contributed by atoms with Gasteiger partial charge < -0.3 is 10.4 Å². The van der Waals surface area contributed by atoms with Crippen LogP contribution in [0.25, 0.3) is 0 Å². The number of nitrogens with two attached hydrogens (primary N) is 1. The zero-order chi connectivity index (χ0) is 13.2. The average Bonchev–Trinajstić information content (AvgIpc) is 3.09.